The highest BCUT2D eigenvalue weighted by molar-refractivity contribution is 7.22. The van der Waals surface area contributed by atoms with E-state index in [1.165, 1.54) is 18.4 Å². The third kappa shape index (κ3) is 3.40. The summed E-state index contributed by atoms with van der Waals surface area (Å²) in [6, 6.07) is 3.39. The summed E-state index contributed by atoms with van der Waals surface area (Å²) >= 11 is 1.50. The fourth-order valence-electron chi connectivity index (χ4n) is 2.75. The highest BCUT2D eigenvalue weighted by Gasteiger charge is 2.19. The third-order valence-electron chi connectivity index (χ3n) is 4.06. The monoisotopic (exact) mass is 337 g/mol. The number of carbonyl (C=O) groups is 1. The van der Waals surface area contributed by atoms with Crippen LogP contribution in [0.1, 0.15) is 23.2 Å². The summed E-state index contributed by atoms with van der Waals surface area (Å²) in [7, 11) is 3.27. The van der Waals surface area contributed by atoms with Gasteiger partial charge in [-0.05, 0) is 24.8 Å². The first-order chi connectivity index (χ1) is 11.1. The van der Waals surface area contributed by atoms with Crippen molar-refractivity contribution in [1.29, 1.82) is 0 Å². The third-order valence-corrected chi connectivity index (χ3v) is 5.24. The van der Waals surface area contributed by atoms with Crippen molar-refractivity contribution < 1.29 is 18.7 Å². The molecule has 7 heteroatoms. The Morgan fingerprint density at radius 3 is 2.83 bits per heavy atom. The zero-order valence-corrected chi connectivity index (χ0v) is 14.0. The normalized spacial score (nSPS) is 15.7. The van der Waals surface area contributed by atoms with Crippen LogP contribution in [0.2, 0.25) is 0 Å². The van der Waals surface area contributed by atoms with Gasteiger partial charge in [-0.25, -0.2) is 9.59 Å². The molecule has 0 bridgehead atoms. The van der Waals surface area contributed by atoms with Crippen LogP contribution >= 0.6 is 11.3 Å². The van der Waals surface area contributed by atoms with Crippen LogP contribution < -0.4 is 10.5 Å². The quantitative estimate of drug-likeness (QED) is 0.799. The van der Waals surface area contributed by atoms with Gasteiger partial charge < -0.3 is 18.8 Å². The van der Waals surface area contributed by atoms with E-state index in [1.54, 1.807) is 6.07 Å². The van der Waals surface area contributed by atoms with E-state index in [-0.39, 0.29) is 5.56 Å². The van der Waals surface area contributed by atoms with Gasteiger partial charge in [-0.2, -0.15) is 0 Å². The van der Waals surface area contributed by atoms with Gasteiger partial charge in [0, 0.05) is 32.9 Å². The predicted octanol–water partition coefficient (Wildman–Crippen LogP) is 2.50. The second kappa shape index (κ2) is 6.72. The largest absolute Gasteiger partial charge is 0.465 e. The summed E-state index contributed by atoms with van der Waals surface area (Å²) in [6.07, 6.45) is 2.13. The first-order valence-corrected chi connectivity index (χ1v) is 8.35. The molecule has 1 fully saturated rings. The molecule has 0 spiro atoms. The number of methoxy groups -OCH3 is 1. The van der Waals surface area contributed by atoms with Gasteiger partial charge in [0.25, 0.3) is 0 Å². The van der Waals surface area contributed by atoms with Gasteiger partial charge in [0.1, 0.15) is 5.56 Å². The molecule has 3 rings (SSSR count). The minimum atomic E-state index is -0.675. The van der Waals surface area contributed by atoms with Crippen LogP contribution in [0.3, 0.4) is 0 Å². The van der Waals surface area contributed by atoms with Crippen LogP contribution in [-0.2, 0) is 9.47 Å². The number of esters is 1. The fraction of sp³-hybridized carbons (Fsp3) is 0.500. The van der Waals surface area contributed by atoms with Crippen molar-refractivity contribution in [2.24, 2.45) is 5.92 Å². The molecule has 23 heavy (non-hydrogen) atoms. The summed E-state index contributed by atoms with van der Waals surface area (Å²) in [5.41, 5.74) is -0.234. The maximum atomic E-state index is 11.8. The lowest BCUT2D eigenvalue weighted by atomic mass is 10.00. The second-order valence-corrected chi connectivity index (χ2v) is 6.75. The highest BCUT2D eigenvalue weighted by atomic mass is 32.1. The first-order valence-electron chi connectivity index (χ1n) is 7.53. The smallest absolute Gasteiger partial charge is 0.351 e. The Kier molecular flexibility index (Phi) is 4.68. The molecule has 0 N–H and O–H groups in total. The van der Waals surface area contributed by atoms with Gasteiger partial charge in [-0.15, -0.1) is 11.3 Å². The Morgan fingerprint density at radius 1 is 1.39 bits per heavy atom. The van der Waals surface area contributed by atoms with Crippen molar-refractivity contribution in [2.45, 2.75) is 12.8 Å². The van der Waals surface area contributed by atoms with E-state index in [0.717, 1.165) is 42.3 Å². The van der Waals surface area contributed by atoms with E-state index >= 15 is 0 Å². The van der Waals surface area contributed by atoms with Crippen LogP contribution in [0, 0.1) is 5.92 Å². The summed E-state index contributed by atoms with van der Waals surface area (Å²) in [4.78, 5) is 25.6. The molecule has 6 nitrogen and oxygen atoms in total. The lowest BCUT2D eigenvalue weighted by molar-refractivity contribution is 0.0596. The Bertz CT molecular complexity index is 759. The minimum absolute atomic E-state index is 0.0690. The number of thiophene rings is 1. The molecule has 1 aliphatic heterocycles. The standard InChI is InChI=1S/C16H19NO5S/c1-17(9-10-3-5-21-6-4-10)14-8-12-13(23-14)7-11(15(18)20-2)16(19)22-12/h7-8,10H,3-6,9H2,1-2H3. The lowest BCUT2D eigenvalue weighted by Crippen LogP contribution is -2.28. The van der Waals surface area contributed by atoms with Crippen LogP contribution in [0.25, 0.3) is 10.3 Å². The maximum Gasteiger partial charge on any atom is 0.351 e. The number of fused-ring (bicyclic) bond motifs is 1. The zero-order chi connectivity index (χ0) is 16.4. The summed E-state index contributed by atoms with van der Waals surface area (Å²) < 4.78 is 16.0. The van der Waals surface area contributed by atoms with Gasteiger partial charge in [0.05, 0.1) is 16.8 Å². The maximum absolute atomic E-state index is 11.8. The Morgan fingerprint density at radius 2 is 2.13 bits per heavy atom. The number of rotatable bonds is 4. The number of anilines is 1. The van der Waals surface area contributed by atoms with E-state index < -0.39 is 11.6 Å². The van der Waals surface area contributed by atoms with Crippen molar-refractivity contribution >= 4 is 32.6 Å². The summed E-state index contributed by atoms with van der Waals surface area (Å²) in [6.45, 7) is 2.58. The van der Waals surface area contributed by atoms with Crippen molar-refractivity contribution in [3.63, 3.8) is 0 Å². The number of carbonyl (C=O) groups excluding carboxylic acids is 1. The van der Waals surface area contributed by atoms with Gasteiger partial charge in [0.2, 0.25) is 0 Å². The molecule has 1 aliphatic rings. The van der Waals surface area contributed by atoms with Gasteiger partial charge in [0.15, 0.2) is 5.58 Å². The molecule has 0 saturated carbocycles. The van der Waals surface area contributed by atoms with Crippen LogP contribution in [0.4, 0.5) is 5.00 Å². The van der Waals surface area contributed by atoms with Gasteiger partial charge in [-0.1, -0.05) is 0 Å². The van der Waals surface area contributed by atoms with E-state index in [0.29, 0.717) is 11.5 Å². The lowest BCUT2D eigenvalue weighted by Gasteiger charge is -2.27. The number of nitrogens with zero attached hydrogens (tertiary/aromatic N) is 1. The van der Waals surface area contributed by atoms with Crippen LogP contribution in [0.5, 0.6) is 0 Å². The SMILES string of the molecule is COC(=O)c1cc2sc(N(C)CC3CCOCC3)cc2oc1=O. The predicted molar refractivity (Wildman–Crippen MR) is 88.5 cm³/mol. The summed E-state index contributed by atoms with van der Waals surface area (Å²) in [5, 5.41) is 1.01. The van der Waals surface area contributed by atoms with Crippen molar-refractivity contribution in [2.75, 3.05) is 38.8 Å². The van der Waals surface area contributed by atoms with Crippen molar-refractivity contribution in [3.05, 3.63) is 28.1 Å². The number of ether oxygens (including phenoxy) is 2. The van der Waals surface area contributed by atoms with Crippen LogP contribution in [0.15, 0.2) is 21.3 Å². The van der Waals surface area contributed by atoms with Crippen molar-refractivity contribution in [1.82, 2.24) is 0 Å². The molecule has 1 saturated heterocycles. The Labute approximate surface area is 137 Å². The van der Waals surface area contributed by atoms with E-state index in [1.807, 2.05) is 13.1 Å². The Balaban J connectivity index is 1.84. The highest BCUT2D eigenvalue weighted by Crippen LogP contribution is 2.32. The van der Waals surface area contributed by atoms with Gasteiger partial charge >= 0.3 is 11.6 Å². The van der Waals surface area contributed by atoms with E-state index in [2.05, 4.69) is 9.64 Å². The molecule has 0 aromatic carbocycles. The molecule has 0 atom stereocenters. The zero-order valence-electron chi connectivity index (χ0n) is 13.2. The average Bonchev–Trinajstić information content (AvgIpc) is 2.97. The van der Waals surface area contributed by atoms with Crippen molar-refractivity contribution in [3.8, 4) is 0 Å². The molecule has 0 radical (unpaired) electrons. The number of hydrogen-bond donors (Lipinski definition) is 0. The molecule has 0 aliphatic carbocycles. The van der Waals surface area contributed by atoms with Crippen LogP contribution in [-0.4, -0.2) is 39.9 Å². The Hall–Kier alpha value is -1.86. The fourth-order valence-corrected chi connectivity index (χ4v) is 3.75. The summed E-state index contributed by atoms with van der Waals surface area (Å²) in [5.74, 6) is -0.0669. The molecule has 124 valence electrons. The molecule has 3 heterocycles. The second-order valence-electron chi connectivity index (χ2n) is 5.69. The van der Waals surface area contributed by atoms with Gasteiger partial charge in [-0.3, -0.25) is 0 Å². The molecular weight excluding hydrogens is 318 g/mol. The molecule has 2 aromatic rings. The molecular formula is C16H19NO5S. The molecule has 0 amide bonds. The first kappa shape index (κ1) is 16.0. The average molecular weight is 337 g/mol. The topological polar surface area (TPSA) is 69.0 Å². The molecule has 0 unspecified atom stereocenters. The van der Waals surface area contributed by atoms with E-state index in [4.69, 9.17) is 9.15 Å². The molecule has 2 aromatic heterocycles. The number of hydrogen-bond acceptors (Lipinski definition) is 7. The minimum Gasteiger partial charge on any atom is -0.465 e. The van der Waals surface area contributed by atoms with E-state index in [9.17, 15) is 9.59 Å².